The predicted molar refractivity (Wildman–Crippen MR) is 45.6 cm³/mol. The Morgan fingerprint density at radius 3 is 2.50 bits per heavy atom. The summed E-state index contributed by atoms with van der Waals surface area (Å²) < 4.78 is 4.92. The molecule has 1 aliphatic rings. The van der Waals surface area contributed by atoms with Gasteiger partial charge >= 0.3 is 0 Å². The molecule has 0 radical (unpaired) electrons. The zero-order valence-electron chi connectivity index (χ0n) is 7.54. The minimum Gasteiger partial charge on any atom is -0.377 e. The zero-order chi connectivity index (χ0) is 9.14. The molecule has 4 nitrogen and oxygen atoms in total. The van der Waals surface area contributed by atoms with Gasteiger partial charge in [-0.25, -0.2) is 0 Å². The Morgan fingerprint density at radius 1 is 1.58 bits per heavy atom. The van der Waals surface area contributed by atoms with Gasteiger partial charge in [-0.05, 0) is 5.92 Å². The number of carbonyl (C=O) groups excluding carboxylic acids is 1. The Balaban J connectivity index is 2.26. The van der Waals surface area contributed by atoms with Gasteiger partial charge in [-0.15, -0.1) is 0 Å². The van der Waals surface area contributed by atoms with Crippen molar-refractivity contribution in [2.75, 3.05) is 13.2 Å². The Kier molecular flexibility index (Phi) is 3.05. The molecule has 1 heterocycles. The molecule has 0 aromatic carbocycles. The zero-order valence-corrected chi connectivity index (χ0v) is 7.54. The molecule has 0 aromatic rings. The van der Waals surface area contributed by atoms with Crippen LogP contribution in [0.2, 0.25) is 0 Å². The standard InChI is InChI=1S/C8H16N2O2/c1-5(2)7(9)8(11)10-6-3-12-4-6/h5-7H,3-4,9H2,1-2H3,(H,10,11). The Bertz CT molecular complexity index is 166. The monoisotopic (exact) mass is 172 g/mol. The van der Waals surface area contributed by atoms with Crippen molar-refractivity contribution in [1.29, 1.82) is 0 Å². The first kappa shape index (κ1) is 9.48. The van der Waals surface area contributed by atoms with Gasteiger partial charge in [0.05, 0.1) is 25.3 Å². The number of rotatable bonds is 3. The number of amides is 1. The van der Waals surface area contributed by atoms with Gasteiger partial charge < -0.3 is 15.8 Å². The molecule has 0 aliphatic carbocycles. The summed E-state index contributed by atoms with van der Waals surface area (Å²) in [5.74, 6) is 0.115. The lowest BCUT2D eigenvalue weighted by atomic mass is 10.0. The predicted octanol–water partition coefficient (Wildman–Crippen LogP) is -0.515. The average Bonchev–Trinajstić information content (AvgIpc) is 1.94. The molecule has 1 saturated heterocycles. The second kappa shape index (κ2) is 3.87. The van der Waals surface area contributed by atoms with Crippen molar-refractivity contribution in [1.82, 2.24) is 5.32 Å². The maximum Gasteiger partial charge on any atom is 0.237 e. The van der Waals surface area contributed by atoms with Crippen molar-refractivity contribution in [2.24, 2.45) is 11.7 Å². The fourth-order valence-corrected chi connectivity index (χ4v) is 0.919. The quantitative estimate of drug-likeness (QED) is 0.602. The van der Waals surface area contributed by atoms with Gasteiger partial charge in [-0.3, -0.25) is 4.79 Å². The van der Waals surface area contributed by atoms with E-state index in [4.69, 9.17) is 10.5 Å². The Hall–Kier alpha value is -0.610. The average molecular weight is 172 g/mol. The van der Waals surface area contributed by atoms with E-state index < -0.39 is 6.04 Å². The minimum atomic E-state index is -0.398. The van der Waals surface area contributed by atoms with E-state index >= 15 is 0 Å². The van der Waals surface area contributed by atoms with Gasteiger partial charge in [-0.1, -0.05) is 13.8 Å². The van der Waals surface area contributed by atoms with E-state index in [-0.39, 0.29) is 17.9 Å². The van der Waals surface area contributed by atoms with Gasteiger partial charge in [0.2, 0.25) is 5.91 Å². The van der Waals surface area contributed by atoms with Crippen LogP contribution in [0.3, 0.4) is 0 Å². The highest BCUT2D eigenvalue weighted by Gasteiger charge is 2.24. The first-order valence-electron chi connectivity index (χ1n) is 4.25. The number of nitrogens with two attached hydrogens (primary N) is 1. The van der Waals surface area contributed by atoms with Crippen molar-refractivity contribution < 1.29 is 9.53 Å². The molecule has 12 heavy (non-hydrogen) atoms. The molecular formula is C8H16N2O2. The third-order valence-electron chi connectivity index (χ3n) is 2.01. The minimum absolute atomic E-state index is 0.0710. The Morgan fingerprint density at radius 2 is 2.17 bits per heavy atom. The third kappa shape index (κ3) is 2.19. The van der Waals surface area contributed by atoms with Gasteiger partial charge in [0, 0.05) is 0 Å². The van der Waals surface area contributed by atoms with Crippen molar-refractivity contribution in [2.45, 2.75) is 25.9 Å². The first-order valence-corrected chi connectivity index (χ1v) is 4.25. The van der Waals surface area contributed by atoms with Crippen LogP contribution in [0.4, 0.5) is 0 Å². The summed E-state index contributed by atoms with van der Waals surface area (Å²) in [6.07, 6.45) is 0. The highest BCUT2D eigenvalue weighted by molar-refractivity contribution is 5.82. The van der Waals surface area contributed by atoms with Crippen LogP contribution < -0.4 is 11.1 Å². The second-order valence-corrected chi connectivity index (χ2v) is 3.51. The summed E-state index contributed by atoms with van der Waals surface area (Å²) in [5, 5.41) is 2.81. The van der Waals surface area contributed by atoms with E-state index in [1.54, 1.807) is 0 Å². The van der Waals surface area contributed by atoms with E-state index in [2.05, 4.69) is 5.32 Å². The maximum atomic E-state index is 11.3. The molecule has 1 fully saturated rings. The lowest BCUT2D eigenvalue weighted by Gasteiger charge is -2.28. The molecule has 4 heteroatoms. The number of hydrogen-bond acceptors (Lipinski definition) is 3. The second-order valence-electron chi connectivity index (χ2n) is 3.51. The number of hydrogen-bond donors (Lipinski definition) is 2. The van der Waals surface area contributed by atoms with Crippen LogP contribution in [0.15, 0.2) is 0 Å². The van der Waals surface area contributed by atoms with E-state index in [0.29, 0.717) is 13.2 Å². The van der Waals surface area contributed by atoms with Crippen LogP contribution in [0, 0.1) is 5.92 Å². The maximum absolute atomic E-state index is 11.3. The summed E-state index contributed by atoms with van der Waals surface area (Å²) in [4.78, 5) is 11.3. The summed E-state index contributed by atoms with van der Waals surface area (Å²) in [6.45, 7) is 5.11. The van der Waals surface area contributed by atoms with E-state index in [0.717, 1.165) is 0 Å². The summed E-state index contributed by atoms with van der Waals surface area (Å²) in [5.41, 5.74) is 5.63. The molecule has 0 saturated carbocycles. The van der Waals surface area contributed by atoms with Crippen LogP contribution in [0.5, 0.6) is 0 Å². The first-order chi connectivity index (χ1) is 5.61. The molecule has 3 N–H and O–H groups in total. The normalized spacial score (nSPS) is 20.3. The molecule has 0 aromatic heterocycles. The molecule has 1 aliphatic heterocycles. The van der Waals surface area contributed by atoms with Crippen LogP contribution in [-0.4, -0.2) is 31.2 Å². The highest BCUT2D eigenvalue weighted by Crippen LogP contribution is 2.02. The molecule has 1 unspecified atom stereocenters. The van der Waals surface area contributed by atoms with Gasteiger partial charge in [0.25, 0.3) is 0 Å². The molecule has 1 rings (SSSR count). The molecule has 70 valence electrons. The topological polar surface area (TPSA) is 64.4 Å². The van der Waals surface area contributed by atoms with Crippen LogP contribution in [0.25, 0.3) is 0 Å². The third-order valence-corrected chi connectivity index (χ3v) is 2.01. The van der Waals surface area contributed by atoms with E-state index in [9.17, 15) is 4.79 Å². The van der Waals surface area contributed by atoms with Crippen molar-refractivity contribution in [3.8, 4) is 0 Å². The van der Waals surface area contributed by atoms with Crippen LogP contribution >= 0.6 is 0 Å². The van der Waals surface area contributed by atoms with E-state index in [1.165, 1.54) is 0 Å². The smallest absolute Gasteiger partial charge is 0.237 e. The summed E-state index contributed by atoms with van der Waals surface area (Å²) in [7, 11) is 0. The number of ether oxygens (including phenoxy) is 1. The van der Waals surface area contributed by atoms with Crippen LogP contribution in [0.1, 0.15) is 13.8 Å². The fourth-order valence-electron chi connectivity index (χ4n) is 0.919. The number of nitrogens with one attached hydrogen (secondary N) is 1. The lowest BCUT2D eigenvalue weighted by molar-refractivity contribution is -0.127. The van der Waals surface area contributed by atoms with Crippen LogP contribution in [-0.2, 0) is 9.53 Å². The van der Waals surface area contributed by atoms with E-state index in [1.807, 2.05) is 13.8 Å². The highest BCUT2D eigenvalue weighted by atomic mass is 16.5. The van der Waals surface area contributed by atoms with Crippen molar-refractivity contribution in [3.05, 3.63) is 0 Å². The summed E-state index contributed by atoms with van der Waals surface area (Å²) >= 11 is 0. The molecule has 0 spiro atoms. The van der Waals surface area contributed by atoms with Gasteiger partial charge in [-0.2, -0.15) is 0 Å². The van der Waals surface area contributed by atoms with Crippen molar-refractivity contribution >= 4 is 5.91 Å². The SMILES string of the molecule is CC(C)C(N)C(=O)NC1COC1. The molecule has 1 atom stereocenters. The molecule has 0 bridgehead atoms. The van der Waals surface area contributed by atoms with Gasteiger partial charge in [0.1, 0.15) is 0 Å². The number of carbonyl (C=O) groups is 1. The van der Waals surface area contributed by atoms with Gasteiger partial charge in [0.15, 0.2) is 0 Å². The summed E-state index contributed by atoms with van der Waals surface area (Å²) in [6, 6.07) is -0.215. The largest absolute Gasteiger partial charge is 0.377 e. The molecule has 1 amide bonds. The fraction of sp³-hybridized carbons (Fsp3) is 0.875. The van der Waals surface area contributed by atoms with Crippen molar-refractivity contribution in [3.63, 3.8) is 0 Å². The Labute approximate surface area is 72.5 Å². The molecular weight excluding hydrogens is 156 g/mol. The lowest BCUT2D eigenvalue weighted by Crippen LogP contribution is -2.54.